The van der Waals surface area contributed by atoms with Crippen LogP contribution in [0, 0.1) is 0 Å². The number of rotatable bonds is 4. The Hall–Kier alpha value is -7.94. The maximum absolute atomic E-state index is 2.47. The van der Waals surface area contributed by atoms with Gasteiger partial charge in [-0.1, -0.05) is 170 Å². The van der Waals surface area contributed by atoms with Gasteiger partial charge < -0.3 is 9.80 Å². The number of nitrogens with zero attached hydrogens (tertiary/aromatic N) is 2. The summed E-state index contributed by atoms with van der Waals surface area (Å²) < 4.78 is 0. The molecule has 0 amide bonds. The van der Waals surface area contributed by atoms with E-state index in [1.807, 2.05) is 0 Å². The maximum Gasteiger partial charge on any atom is 0.0493 e. The van der Waals surface area contributed by atoms with Gasteiger partial charge in [-0.2, -0.15) is 0 Å². The summed E-state index contributed by atoms with van der Waals surface area (Å²) in [4.78, 5) is 4.94. The molecular weight excluding hydrogens is 773 g/mol. The first kappa shape index (κ1) is 36.7. The van der Waals surface area contributed by atoms with Crippen molar-refractivity contribution in [1.82, 2.24) is 0 Å². The number of aryl methyl sites for hydroxylation is 4. The molecule has 11 aromatic rings. The summed E-state index contributed by atoms with van der Waals surface area (Å²) in [6.45, 7) is 0. The monoisotopic (exact) mass is 816 g/mol. The zero-order valence-electron chi connectivity index (χ0n) is 35.5. The van der Waals surface area contributed by atoms with E-state index < -0.39 is 0 Å². The van der Waals surface area contributed by atoms with Crippen molar-refractivity contribution in [3.63, 3.8) is 0 Å². The molecule has 0 unspecified atom stereocenters. The summed E-state index contributed by atoms with van der Waals surface area (Å²) in [5, 5.41) is 10.2. The van der Waals surface area contributed by atoms with Crippen LogP contribution < -0.4 is 9.80 Å². The fourth-order valence-corrected chi connectivity index (χ4v) is 11.1. The molecule has 302 valence electrons. The van der Waals surface area contributed by atoms with E-state index in [2.05, 4.69) is 228 Å². The number of hydrogen-bond donors (Lipinski definition) is 0. The molecule has 0 saturated heterocycles. The highest BCUT2D eigenvalue weighted by Crippen LogP contribution is 2.51. The highest BCUT2D eigenvalue weighted by Gasteiger charge is 2.26. The number of benzene rings is 11. The minimum atomic E-state index is 1.02. The minimum absolute atomic E-state index is 1.02. The van der Waals surface area contributed by atoms with Gasteiger partial charge in [0.05, 0.1) is 0 Å². The van der Waals surface area contributed by atoms with Crippen molar-refractivity contribution in [2.45, 2.75) is 25.7 Å². The highest BCUT2D eigenvalue weighted by molar-refractivity contribution is 6.36. The molecule has 0 N–H and O–H groups in total. The lowest BCUT2D eigenvalue weighted by molar-refractivity contribution is 0.977. The van der Waals surface area contributed by atoms with Crippen molar-refractivity contribution in [2.24, 2.45) is 0 Å². The van der Waals surface area contributed by atoms with E-state index in [0.29, 0.717) is 0 Å². The van der Waals surface area contributed by atoms with Crippen molar-refractivity contribution in [1.29, 1.82) is 0 Å². The SMILES string of the molecule is c1ccc2c(c1)CCc1ccccc1N2c1ccc(-c2c3ccccc3c(-c3ccc(N4c5ccccc5CCc5ccccc54)cc3)c3c4ccccc4c4ccccc4c23)cc1. The maximum atomic E-state index is 2.47. The third-order valence-corrected chi connectivity index (χ3v) is 14.0. The molecule has 2 heteroatoms. The zero-order chi connectivity index (χ0) is 42.1. The molecule has 2 aliphatic heterocycles. The van der Waals surface area contributed by atoms with Gasteiger partial charge in [0, 0.05) is 34.1 Å². The van der Waals surface area contributed by atoms with Gasteiger partial charge in [0.1, 0.15) is 0 Å². The zero-order valence-corrected chi connectivity index (χ0v) is 35.5. The molecule has 0 saturated carbocycles. The van der Waals surface area contributed by atoms with E-state index in [9.17, 15) is 0 Å². The van der Waals surface area contributed by atoms with Gasteiger partial charge in [0.15, 0.2) is 0 Å². The Kier molecular flexibility index (Phi) is 8.52. The molecule has 11 aromatic carbocycles. The predicted molar refractivity (Wildman–Crippen MR) is 272 cm³/mol. The van der Waals surface area contributed by atoms with E-state index in [0.717, 1.165) is 25.7 Å². The first-order valence-corrected chi connectivity index (χ1v) is 22.7. The lowest BCUT2D eigenvalue weighted by atomic mass is 9.81. The van der Waals surface area contributed by atoms with Crippen LogP contribution in [0.5, 0.6) is 0 Å². The molecule has 2 heterocycles. The van der Waals surface area contributed by atoms with Crippen molar-refractivity contribution >= 4 is 77.2 Å². The second-order valence-electron chi connectivity index (χ2n) is 17.4. The average Bonchev–Trinajstić information content (AvgIpc) is 3.64. The molecule has 64 heavy (non-hydrogen) atoms. The summed E-state index contributed by atoms with van der Waals surface area (Å²) in [5.41, 5.74) is 17.8. The topological polar surface area (TPSA) is 6.48 Å². The van der Waals surface area contributed by atoms with Crippen LogP contribution in [0.1, 0.15) is 22.3 Å². The van der Waals surface area contributed by atoms with Crippen LogP contribution in [0.4, 0.5) is 34.1 Å². The van der Waals surface area contributed by atoms with Crippen LogP contribution in [0.2, 0.25) is 0 Å². The second kappa shape index (κ2) is 14.9. The summed E-state index contributed by atoms with van der Waals surface area (Å²) in [6.07, 6.45) is 4.10. The number of hydrogen-bond acceptors (Lipinski definition) is 2. The van der Waals surface area contributed by atoms with Crippen molar-refractivity contribution in [3.05, 3.63) is 241 Å². The summed E-state index contributed by atoms with van der Waals surface area (Å²) >= 11 is 0. The van der Waals surface area contributed by atoms with Crippen molar-refractivity contribution in [3.8, 4) is 22.3 Å². The van der Waals surface area contributed by atoms with Crippen LogP contribution in [0.3, 0.4) is 0 Å². The first-order chi connectivity index (χ1) is 31.8. The van der Waals surface area contributed by atoms with Gasteiger partial charge in [-0.25, -0.2) is 0 Å². The Morgan fingerprint density at radius 1 is 0.234 bits per heavy atom. The third-order valence-electron chi connectivity index (χ3n) is 14.0. The van der Waals surface area contributed by atoms with Crippen molar-refractivity contribution < 1.29 is 0 Å². The summed E-state index contributed by atoms with van der Waals surface area (Å²) in [6, 6.07) is 81.6. The molecule has 13 rings (SSSR count). The summed E-state index contributed by atoms with van der Waals surface area (Å²) in [7, 11) is 0. The number of anilines is 6. The van der Waals surface area contributed by atoms with Crippen molar-refractivity contribution in [2.75, 3.05) is 9.80 Å². The van der Waals surface area contributed by atoms with Gasteiger partial charge >= 0.3 is 0 Å². The fraction of sp³-hybridized carbons (Fsp3) is 0.0645. The van der Waals surface area contributed by atoms with Gasteiger partial charge in [-0.15, -0.1) is 0 Å². The van der Waals surface area contributed by atoms with Gasteiger partial charge in [-0.05, 0) is 162 Å². The Balaban J connectivity index is 1.05. The Morgan fingerprint density at radius 3 is 0.828 bits per heavy atom. The fourth-order valence-electron chi connectivity index (χ4n) is 11.1. The summed E-state index contributed by atoms with van der Waals surface area (Å²) in [5.74, 6) is 0. The molecule has 0 atom stereocenters. The van der Waals surface area contributed by atoms with Gasteiger partial charge in [0.25, 0.3) is 0 Å². The van der Waals surface area contributed by atoms with Crippen LogP contribution in [-0.2, 0) is 25.7 Å². The molecular formula is C62H44N2. The molecule has 0 spiro atoms. The Bertz CT molecular complexity index is 3280. The van der Waals surface area contributed by atoms with Crippen LogP contribution in [-0.4, -0.2) is 0 Å². The Morgan fingerprint density at radius 2 is 0.500 bits per heavy atom. The third kappa shape index (κ3) is 5.72. The quantitative estimate of drug-likeness (QED) is 0.129. The number of fused-ring (bicyclic) bond motifs is 11. The largest absolute Gasteiger partial charge is 0.310 e. The van der Waals surface area contributed by atoms with Gasteiger partial charge in [-0.3, -0.25) is 0 Å². The highest BCUT2D eigenvalue weighted by atomic mass is 15.2. The number of para-hydroxylation sites is 4. The molecule has 2 nitrogen and oxygen atoms in total. The molecule has 0 bridgehead atoms. The first-order valence-electron chi connectivity index (χ1n) is 22.7. The lowest BCUT2D eigenvalue weighted by Gasteiger charge is -2.28. The predicted octanol–water partition coefficient (Wildman–Crippen LogP) is 16.8. The van der Waals surface area contributed by atoms with E-state index in [-0.39, 0.29) is 0 Å². The smallest absolute Gasteiger partial charge is 0.0493 e. The molecule has 0 aliphatic carbocycles. The minimum Gasteiger partial charge on any atom is -0.310 e. The molecule has 0 radical (unpaired) electrons. The van der Waals surface area contributed by atoms with E-state index >= 15 is 0 Å². The average molecular weight is 817 g/mol. The standard InChI is InChI=1S/C62H44N2/c1-11-25-55-41(15-1)29-30-42-16-2-12-26-56(42)63(55)47-37-33-45(34-38-47)59-53-23-9-10-24-54(53)60(62-52-22-8-6-20-50(52)49-19-5-7-21-51(49)61(59)62)46-35-39-48(40-36-46)64-57-27-13-3-17-43(57)31-32-44-18-4-14-28-58(44)64/h1-28,33-40H,29-32H2. The normalized spacial score (nSPS) is 13.3. The van der Waals surface area contributed by atoms with Crippen LogP contribution in [0.25, 0.3) is 65.3 Å². The second-order valence-corrected chi connectivity index (χ2v) is 17.4. The van der Waals surface area contributed by atoms with E-state index in [1.165, 1.54) is 122 Å². The van der Waals surface area contributed by atoms with Crippen LogP contribution in [0.15, 0.2) is 218 Å². The molecule has 0 fully saturated rings. The molecule has 0 aromatic heterocycles. The van der Waals surface area contributed by atoms with Gasteiger partial charge in [0.2, 0.25) is 0 Å². The van der Waals surface area contributed by atoms with E-state index in [1.54, 1.807) is 0 Å². The van der Waals surface area contributed by atoms with Crippen LogP contribution >= 0.6 is 0 Å². The lowest BCUT2D eigenvalue weighted by Crippen LogP contribution is -2.11. The molecule has 2 aliphatic rings. The Labute approximate surface area is 373 Å². The van der Waals surface area contributed by atoms with E-state index in [4.69, 9.17) is 0 Å².